The van der Waals surface area contributed by atoms with E-state index in [-0.39, 0.29) is 11.0 Å². The number of hydrogen-bond acceptors (Lipinski definition) is 6. The highest BCUT2D eigenvalue weighted by molar-refractivity contribution is 6.31. The number of hydrazine groups is 2. The topological polar surface area (TPSA) is 68.9 Å². The van der Waals surface area contributed by atoms with Crippen molar-refractivity contribution in [1.29, 1.82) is 0 Å². The summed E-state index contributed by atoms with van der Waals surface area (Å²) in [7, 11) is 1.66. The molecule has 0 aromatic heterocycles. The molecule has 0 bridgehead atoms. The minimum atomic E-state index is -4.53. The molecule has 0 radical (unpaired) electrons. The van der Waals surface area contributed by atoms with E-state index in [4.69, 9.17) is 17.3 Å². The van der Waals surface area contributed by atoms with Crippen LogP contribution in [-0.4, -0.2) is 23.1 Å². The van der Waals surface area contributed by atoms with Crippen molar-refractivity contribution in [2.24, 2.45) is 10.8 Å². The van der Waals surface area contributed by atoms with E-state index in [1.807, 2.05) is 0 Å². The molecule has 10 heteroatoms. The fraction of sp³-hybridized carbons (Fsp3) is 0.182. The Kier molecular flexibility index (Phi) is 2.92. The van der Waals surface area contributed by atoms with E-state index in [0.29, 0.717) is 17.1 Å². The van der Waals surface area contributed by atoms with Crippen molar-refractivity contribution in [3.05, 3.63) is 40.2 Å². The van der Waals surface area contributed by atoms with Gasteiger partial charge in [-0.15, -0.1) is 10.2 Å². The van der Waals surface area contributed by atoms with E-state index >= 15 is 0 Å². The van der Waals surface area contributed by atoms with Gasteiger partial charge in [0.05, 0.1) is 10.6 Å². The van der Waals surface area contributed by atoms with Gasteiger partial charge in [-0.2, -0.15) is 13.2 Å². The predicted molar refractivity (Wildman–Crippen MR) is 70.9 cm³/mol. The number of fused-ring (bicyclic) bond motifs is 1. The Morgan fingerprint density at radius 3 is 2.71 bits per heavy atom. The van der Waals surface area contributed by atoms with Crippen LogP contribution >= 0.6 is 11.6 Å². The Balaban J connectivity index is 2.07. The van der Waals surface area contributed by atoms with Crippen LogP contribution in [0.15, 0.2) is 29.1 Å². The molecule has 0 fully saturated rings. The summed E-state index contributed by atoms with van der Waals surface area (Å²) in [5.41, 5.74) is 11.1. The summed E-state index contributed by atoms with van der Waals surface area (Å²) in [5.74, 6) is 0.630. The molecule has 0 atom stereocenters. The summed E-state index contributed by atoms with van der Waals surface area (Å²) in [4.78, 5) is 0. The number of rotatable bonds is 1. The number of guanidine groups is 1. The SMILES string of the molecule is CN1NC(c2ccc(Cl)c(C(F)(F)F)c2)=C2NN=C(N)N21. The summed E-state index contributed by atoms with van der Waals surface area (Å²) in [5, 5.41) is 6.47. The van der Waals surface area contributed by atoms with Crippen molar-refractivity contribution in [2.75, 3.05) is 7.05 Å². The number of nitrogens with one attached hydrogen (secondary N) is 2. The molecule has 4 N–H and O–H groups in total. The predicted octanol–water partition coefficient (Wildman–Crippen LogP) is 1.48. The summed E-state index contributed by atoms with van der Waals surface area (Å²) in [6.45, 7) is 0. The lowest BCUT2D eigenvalue weighted by atomic mass is 10.1. The highest BCUT2D eigenvalue weighted by atomic mass is 35.5. The first-order valence-corrected chi connectivity index (χ1v) is 6.18. The van der Waals surface area contributed by atoms with Gasteiger partial charge in [0, 0.05) is 12.6 Å². The van der Waals surface area contributed by atoms with Crippen molar-refractivity contribution in [3.8, 4) is 0 Å². The maximum Gasteiger partial charge on any atom is 0.417 e. The molecule has 0 aliphatic carbocycles. The fourth-order valence-corrected chi connectivity index (χ4v) is 2.37. The molecule has 2 aliphatic rings. The molecule has 0 spiro atoms. The van der Waals surface area contributed by atoms with E-state index in [0.717, 1.165) is 6.07 Å². The fourth-order valence-electron chi connectivity index (χ4n) is 2.15. The second-order valence-corrected chi connectivity index (χ2v) is 4.85. The summed E-state index contributed by atoms with van der Waals surface area (Å²) in [6, 6.07) is 3.67. The Morgan fingerprint density at radius 1 is 1.33 bits per heavy atom. The van der Waals surface area contributed by atoms with E-state index < -0.39 is 11.7 Å². The molecule has 0 saturated carbocycles. The Bertz CT molecular complexity index is 668. The molecular formula is C11H10ClF3N6. The largest absolute Gasteiger partial charge is 0.417 e. The van der Waals surface area contributed by atoms with Crippen LogP contribution in [0, 0.1) is 0 Å². The first-order chi connectivity index (χ1) is 9.79. The first kappa shape index (κ1) is 13.8. The number of hydrogen-bond donors (Lipinski definition) is 3. The van der Waals surface area contributed by atoms with Gasteiger partial charge in [-0.3, -0.25) is 10.9 Å². The molecule has 6 nitrogen and oxygen atoms in total. The minimum absolute atomic E-state index is 0.181. The minimum Gasteiger partial charge on any atom is -0.367 e. The second kappa shape index (κ2) is 4.43. The Labute approximate surface area is 122 Å². The number of nitrogens with zero attached hydrogens (tertiary/aromatic N) is 3. The highest BCUT2D eigenvalue weighted by Gasteiger charge is 2.37. The normalized spacial score (nSPS) is 18.5. The van der Waals surface area contributed by atoms with Gasteiger partial charge in [0.15, 0.2) is 5.82 Å². The van der Waals surface area contributed by atoms with Crippen LogP contribution in [0.1, 0.15) is 11.1 Å². The molecule has 1 aromatic rings. The lowest BCUT2D eigenvalue weighted by Crippen LogP contribution is -2.45. The monoisotopic (exact) mass is 318 g/mol. The van der Waals surface area contributed by atoms with Crippen LogP contribution in [0.25, 0.3) is 5.70 Å². The standard InChI is InChI=1S/C11H10ClF3N6/c1-20-19-8(9-17-18-10(16)21(9)20)5-2-3-7(12)6(4-5)11(13,14)15/h2-4,17,19H,1H3,(H2,16,18). The van der Waals surface area contributed by atoms with Gasteiger partial charge in [-0.25, -0.2) is 5.01 Å². The van der Waals surface area contributed by atoms with Gasteiger partial charge in [-0.1, -0.05) is 17.7 Å². The van der Waals surface area contributed by atoms with Gasteiger partial charge in [-0.05, 0) is 12.1 Å². The molecular weight excluding hydrogens is 309 g/mol. The van der Waals surface area contributed by atoms with Crippen LogP contribution in [0.3, 0.4) is 0 Å². The average molecular weight is 319 g/mol. The molecule has 0 unspecified atom stereocenters. The molecule has 21 heavy (non-hydrogen) atoms. The van der Waals surface area contributed by atoms with Crippen LogP contribution in [-0.2, 0) is 6.18 Å². The second-order valence-electron chi connectivity index (χ2n) is 4.45. The average Bonchev–Trinajstić information content (AvgIpc) is 2.91. The van der Waals surface area contributed by atoms with Crippen molar-refractivity contribution < 1.29 is 13.2 Å². The third-order valence-corrected chi connectivity index (χ3v) is 3.41. The first-order valence-electron chi connectivity index (χ1n) is 5.80. The quantitative estimate of drug-likeness (QED) is 0.732. The van der Waals surface area contributed by atoms with Gasteiger partial charge < -0.3 is 5.73 Å². The molecule has 0 amide bonds. The smallest absolute Gasteiger partial charge is 0.367 e. The van der Waals surface area contributed by atoms with Crippen LogP contribution in [0.5, 0.6) is 0 Å². The molecule has 112 valence electrons. The summed E-state index contributed by atoms with van der Waals surface area (Å²) in [6.07, 6.45) is -4.53. The van der Waals surface area contributed by atoms with E-state index in [2.05, 4.69) is 16.0 Å². The summed E-state index contributed by atoms with van der Waals surface area (Å²) >= 11 is 5.62. The number of benzene rings is 1. The van der Waals surface area contributed by atoms with Crippen LogP contribution in [0.4, 0.5) is 13.2 Å². The zero-order valence-corrected chi connectivity index (χ0v) is 11.4. The molecule has 2 aliphatic heterocycles. The zero-order chi connectivity index (χ0) is 15.4. The Hall–Kier alpha value is -2.13. The number of halogens is 4. The van der Waals surface area contributed by atoms with Crippen molar-refractivity contribution in [3.63, 3.8) is 0 Å². The highest BCUT2D eigenvalue weighted by Crippen LogP contribution is 2.37. The molecule has 2 heterocycles. The lowest BCUT2D eigenvalue weighted by molar-refractivity contribution is -0.137. The van der Waals surface area contributed by atoms with Gasteiger partial charge in [0.25, 0.3) is 0 Å². The van der Waals surface area contributed by atoms with Crippen molar-refractivity contribution >= 4 is 23.3 Å². The zero-order valence-electron chi connectivity index (χ0n) is 10.7. The van der Waals surface area contributed by atoms with Crippen LogP contribution < -0.4 is 16.6 Å². The third-order valence-electron chi connectivity index (χ3n) is 3.08. The molecule has 3 rings (SSSR count). The van der Waals surface area contributed by atoms with E-state index in [1.165, 1.54) is 22.3 Å². The number of hydrazone groups is 1. The number of alkyl halides is 3. The van der Waals surface area contributed by atoms with Gasteiger partial charge >= 0.3 is 6.18 Å². The number of nitrogens with two attached hydrogens (primary N) is 1. The lowest BCUT2D eigenvalue weighted by Gasteiger charge is -2.20. The third kappa shape index (κ3) is 2.14. The molecule has 0 saturated heterocycles. The summed E-state index contributed by atoms with van der Waals surface area (Å²) < 4.78 is 38.8. The Morgan fingerprint density at radius 2 is 2.05 bits per heavy atom. The van der Waals surface area contributed by atoms with Crippen LogP contribution in [0.2, 0.25) is 5.02 Å². The van der Waals surface area contributed by atoms with Gasteiger partial charge in [0.1, 0.15) is 5.70 Å². The maximum absolute atomic E-state index is 12.9. The van der Waals surface area contributed by atoms with Crippen molar-refractivity contribution in [2.45, 2.75) is 6.18 Å². The van der Waals surface area contributed by atoms with Gasteiger partial charge in [0.2, 0.25) is 5.96 Å². The van der Waals surface area contributed by atoms with E-state index in [1.54, 1.807) is 7.05 Å². The molecule has 1 aromatic carbocycles. The van der Waals surface area contributed by atoms with Crippen molar-refractivity contribution in [1.82, 2.24) is 21.0 Å². The maximum atomic E-state index is 12.9. The van der Waals surface area contributed by atoms with E-state index in [9.17, 15) is 13.2 Å².